The molecule has 1 aliphatic rings. The lowest BCUT2D eigenvalue weighted by Crippen LogP contribution is -2.23. The van der Waals surface area contributed by atoms with Crippen molar-refractivity contribution >= 4 is 32.4 Å². The number of thiazole rings is 1. The van der Waals surface area contributed by atoms with Crippen molar-refractivity contribution < 1.29 is 13.2 Å². The predicted octanol–water partition coefficient (Wildman–Crippen LogP) is 1.11. The molecule has 0 fully saturated rings. The van der Waals surface area contributed by atoms with Gasteiger partial charge in [0, 0.05) is 31.3 Å². The van der Waals surface area contributed by atoms with E-state index in [1.807, 2.05) is 4.68 Å². The Kier molecular flexibility index (Phi) is 4.46. The molecule has 0 bridgehead atoms. The number of fused-ring (bicyclic) bond motifs is 1. The Balaban J connectivity index is 1.70. The molecular formula is C13H17N5O3S2. The van der Waals surface area contributed by atoms with E-state index in [4.69, 9.17) is 0 Å². The van der Waals surface area contributed by atoms with Crippen LogP contribution in [-0.4, -0.2) is 29.1 Å². The second-order valence-corrected chi connectivity index (χ2v) is 8.31. The Morgan fingerprint density at radius 3 is 3.00 bits per heavy atom. The molecule has 1 aliphatic heterocycles. The summed E-state index contributed by atoms with van der Waals surface area (Å²) >= 11 is 0.920. The lowest BCUT2D eigenvalue weighted by molar-refractivity contribution is -0.114. The summed E-state index contributed by atoms with van der Waals surface area (Å²) < 4.78 is 29.2. The van der Waals surface area contributed by atoms with Gasteiger partial charge in [0.25, 0.3) is 10.0 Å². The first-order valence-corrected chi connectivity index (χ1v) is 9.52. The summed E-state index contributed by atoms with van der Waals surface area (Å²) in [5, 5.41) is 7.03. The molecule has 0 saturated carbocycles. The highest BCUT2D eigenvalue weighted by molar-refractivity contribution is 7.91. The van der Waals surface area contributed by atoms with Crippen LogP contribution in [0.25, 0.3) is 0 Å². The second kappa shape index (κ2) is 6.38. The van der Waals surface area contributed by atoms with Gasteiger partial charge in [0.2, 0.25) is 5.91 Å². The quantitative estimate of drug-likeness (QED) is 0.836. The molecule has 10 heteroatoms. The number of hydrogen-bond acceptors (Lipinski definition) is 6. The van der Waals surface area contributed by atoms with Crippen LogP contribution < -0.4 is 10.0 Å². The van der Waals surface area contributed by atoms with Crippen molar-refractivity contribution in [2.75, 3.05) is 5.32 Å². The highest BCUT2D eigenvalue weighted by atomic mass is 32.2. The topological polar surface area (TPSA) is 106 Å². The van der Waals surface area contributed by atoms with Gasteiger partial charge in [0.1, 0.15) is 0 Å². The van der Waals surface area contributed by atoms with Gasteiger partial charge in [-0.15, -0.1) is 0 Å². The molecule has 3 heterocycles. The van der Waals surface area contributed by atoms with Crippen LogP contribution in [0.1, 0.15) is 31.0 Å². The van der Waals surface area contributed by atoms with E-state index in [-0.39, 0.29) is 21.8 Å². The van der Waals surface area contributed by atoms with Gasteiger partial charge >= 0.3 is 0 Å². The first kappa shape index (κ1) is 16.1. The van der Waals surface area contributed by atoms with Crippen LogP contribution in [0.3, 0.4) is 0 Å². The molecule has 8 nitrogen and oxygen atoms in total. The molecule has 0 atom stereocenters. The fourth-order valence-electron chi connectivity index (χ4n) is 2.47. The van der Waals surface area contributed by atoms with Gasteiger partial charge in [-0.3, -0.25) is 9.48 Å². The zero-order valence-corrected chi connectivity index (χ0v) is 14.2. The van der Waals surface area contributed by atoms with E-state index in [2.05, 4.69) is 20.1 Å². The number of aromatic nitrogens is 3. The standard InChI is InChI=1S/C13H17N5O3S2/c1-9(19)17-13-14-8-12(22-13)23(20,21)16-7-10-6-15-18-5-3-2-4-11(10)18/h6,8,16H,2-5,7H2,1H3,(H,14,17,19). The Hall–Kier alpha value is -1.78. The minimum Gasteiger partial charge on any atom is -0.302 e. The number of carbonyl (C=O) groups excluding carboxylic acids is 1. The van der Waals surface area contributed by atoms with E-state index in [1.54, 1.807) is 6.20 Å². The van der Waals surface area contributed by atoms with Crippen LogP contribution in [0.2, 0.25) is 0 Å². The largest absolute Gasteiger partial charge is 0.302 e. The zero-order valence-electron chi connectivity index (χ0n) is 12.6. The molecule has 0 radical (unpaired) electrons. The van der Waals surface area contributed by atoms with E-state index >= 15 is 0 Å². The van der Waals surface area contributed by atoms with Crippen LogP contribution in [0.5, 0.6) is 0 Å². The van der Waals surface area contributed by atoms with Gasteiger partial charge in [-0.1, -0.05) is 11.3 Å². The molecule has 2 aromatic heterocycles. The maximum absolute atomic E-state index is 12.3. The molecular weight excluding hydrogens is 338 g/mol. The number of anilines is 1. The first-order valence-electron chi connectivity index (χ1n) is 7.22. The van der Waals surface area contributed by atoms with E-state index in [0.717, 1.165) is 48.4 Å². The van der Waals surface area contributed by atoms with E-state index in [1.165, 1.54) is 13.1 Å². The fraction of sp³-hybridized carbons (Fsp3) is 0.462. The van der Waals surface area contributed by atoms with Crippen LogP contribution in [0.4, 0.5) is 5.13 Å². The van der Waals surface area contributed by atoms with Gasteiger partial charge in [-0.05, 0) is 19.3 Å². The molecule has 0 spiro atoms. The molecule has 2 N–H and O–H groups in total. The average molecular weight is 355 g/mol. The monoisotopic (exact) mass is 355 g/mol. The number of sulfonamides is 1. The maximum Gasteiger partial charge on any atom is 0.252 e. The number of aryl methyl sites for hydroxylation is 1. The van der Waals surface area contributed by atoms with Crippen molar-refractivity contribution in [2.24, 2.45) is 0 Å². The van der Waals surface area contributed by atoms with Crippen molar-refractivity contribution in [1.29, 1.82) is 0 Å². The average Bonchev–Trinajstić information content (AvgIpc) is 3.12. The molecule has 23 heavy (non-hydrogen) atoms. The van der Waals surface area contributed by atoms with Crippen LogP contribution in [0, 0.1) is 0 Å². The fourth-order valence-corrected chi connectivity index (χ4v) is 4.60. The third-order valence-electron chi connectivity index (χ3n) is 3.55. The molecule has 0 aromatic carbocycles. The van der Waals surface area contributed by atoms with E-state index in [0.29, 0.717) is 0 Å². The van der Waals surface area contributed by atoms with Crippen LogP contribution in [0.15, 0.2) is 16.6 Å². The van der Waals surface area contributed by atoms with Gasteiger partial charge in [-0.2, -0.15) is 5.10 Å². The first-order chi connectivity index (χ1) is 11.0. The molecule has 0 saturated heterocycles. The van der Waals surface area contributed by atoms with Crippen molar-refractivity contribution in [2.45, 2.75) is 43.5 Å². The van der Waals surface area contributed by atoms with Crippen LogP contribution >= 0.6 is 11.3 Å². The van der Waals surface area contributed by atoms with E-state index in [9.17, 15) is 13.2 Å². The summed E-state index contributed by atoms with van der Waals surface area (Å²) in [6, 6.07) is 0. The van der Waals surface area contributed by atoms with Gasteiger partial charge in [-0.25, -0.2) is 18.1 Å². The number of nitrogens with zero attached hydrogens (tertiary/aromatic N) is 3. The van der Waals surface area contributed by atoms with Crippen LogP contribution in [-0.2, 0) is 34.3 Å². The van der Waals surface area contributed by atoms with Gasteiger partial charge in [0.15, 0.2) is 9.34 Å². The van der Waals surface area contributed by atoms with Crippen molar-refractivity contribution in [3.63, 3.8) is 0 Å². The van der Waals surface area contributed by atoms with Crippen molar-refractivity contribution in [3.8, 4) is 0 Å². The summed E-state index contributed by atoms with van der Waals surface area (Å²) in [4.78, 5) is 14.9. The normalized spacial score (nSPS) is 14.5. The summed E-state index contributed by atoms with van der Waals surface area (Å²) in [6.07, 6.45) is 6.08. The molecule has 2 aromatic rings. The summed E-state index contributed by atoms with van der Waals surface area (Å²) in [7, 11) is -3.66. The number of hydrogen-bond donors (Lipinski definition) is 2. The molecule has 0 aliphatic carbocycles. The van der Waals surface area contributed by atoms with E-state index < -0.39 is 10.0 Å². The lowest BCUT2D eigenvalue weighted by atomic mass is 10.1. The van der Waals surface area contributed by atoms with Crippen molar-refractivity contribution in [1.82, 2.24) is 19.5 Å². The number of carbonyl (C=O) groups is 1. The van der Waals surface area contributed by atoms with Gasteiger partial charge < -0.3 is 5.32 Å². The Labute approximate surface area is 138 Å². The Bertz CT molecular complexity index is 825. The molecule has 1 amide bonds. The third kappa shape index (κ3) is 3.59. The number of rotatable bonds is 5. The number of amides is 1. The summed E-state index contributed by atoms with van der Waals surface area (Å²) in [6.45, 7) is 2.43. The summed E-state index contributed by atoms with van der Waals surface area (Å²) in [5.74, 6) is -0.289. The van der Waals surface area contributed by atoms with Crippen molar-refractivity contribution in [3.05, 3.63) is 23.7 Å². The minimum atomic E-state index is -3.66. The SMILES string of the molecule is CC(=O)Nc1ncc(S(=O)(=O)NCc2cnn3c2CCCC3)s1. The predicted molar refractivity (Wildman–Crippen MR) is 85.6 cm³/mol. The maximum atomic E-state index is 12.3. The Morgan fingerprint density at radius 2 is 2.22 bits per heavy atom. The zero-order chi connectivity index (χ0) is 16.4. The molecule has 124 valence electrons. The van der Waals surface area contributed by atoms with Gasteiger partial charge in [0.05, 0.1) is 12.4 Å². The lowest BCUT2D eigenvalue weighted by Gasteiger charge is -2.14. The Morgan fingerprint density at radius 1 is 1.39 bits per heavy atom. The highest BCUT2D eigenvalue weighted by Gasteiger charge is 2.20. The molecule has 3 rings (SSSR count). The summed E-state index contributed by atoms with van der Waals surface area (Å²) in [5.41, 5.74) is 2.00. The second-order valence-electron chi connectivity index (χ2n) is 5.29. The molecule has 0 unspecified atom stereocenters. The number of nitrogens with one attached hydrogen (secondary N) is 2. The highest BCUT2D eigenvalue weighted by Crippen LogP contribution is 2.23. The third-order valence-corrected chi connectivity index (χ3v) is 6.33. The minimum absolute atomic E-state index is 0.0716. The smallest absolute Gasteiger partial charge is 0.252 e.